The fourth-order valence-electron chi connectivity index (χ4n) is 0.850. The maximum absolute atomic E-state index is 9.27. The van der Waals surface area contributed by atoms with Gasteiger partial charge >= 0.3 is 0 Å². The molecule has 1 aromatic rings. The van der Waals surface area contributed by atoms with Gasteiger partial charge in [0, 0.05) is 11.3 Å². The summed E-state index contributed by atoms with van der Waals surface area (Å²) in [5, 5.41) is 18.3. The van der Waals surface area contributed by atoms with Gasteiger partial charge in [-0.3, -0.25) is 0 Å². The van der Waals surface area contributed by atoms with Crippen molar-refractivity contribution in [2.75, 3.05) is 6.26 Å². The molecule has 0 unspecified atom stereocenters. The van der Waals surface area contributed by atoms with Crippen LogP contribution in [-0.4, -0.2) is 16.5 Å². The van der Waals surface area contributed by atoms with Gasteiger partial charge < -0.3 is 10.2 Å². The lowest BCUT2D eigenvalue weighted by molar-refractivity contribution is 0.401. The number of hydrogen-bond donors (Lipinski definition) is 2. The number of thioether (sulfide) groups is 1. The third-order valence-electron chi connectivity index (χ3n) is 1.40. The van der Waals surface area contributed by atoms with Crippen molar-refractivity contribution >= 4 is 11.8 Å². The molecule has 0 saturated carbocycles. The van der Waals surface area contributed by atoms with Gasteiger partial charge in [0.15, 0.2) is 11.5 Å². The molecule has 2 N–H and O–H groups in total. The highest BCUT2D eigenvalue weighted by atomic mass is 32.2. The van der Waals surface area contributed by atoms with Crippen LogP contribution in [0.5, 0.6) is 11.5 Å². The van der Waals surface area contributed by atoms with Crippen molar-refractivity contribution in [1.82, 2.24) is 0 Å². The van der Waals surface area contributed by atoms with E-state index in [4.69, 9.17) is 5.11 Å². The predicted octanol–water partition coefficient (Wildman–Crippen LogP) is 1.96. The largest absolute Gasteiger partial charge is 0.504 e. The van der Waals surface area contributed by atoms with Crippen LogP contribution >= 0.6 is 11.8 Å². The summed E-state index contributed by atoms with van der Waals surface area (Å²) in [6.45, 7) is 0. The van der Waals surface area contributed by atoms with Crippen molar-refractivity contribution < 1.29 is 10.2 Å². The van der Waals surface area contributed by atoms with E-state index in [1.165, 1.54) is 6.07 Å². The molecule has 0 spiro atoms. The first-order valence-corrected chi connectivity index (χ1v) is 4.64. The zero-order chi connectivity index (χ0) is 8.27. The molecule has 0 amide bonds. The fraction of sp³-hybridized carbons (Fsp3) is 0.250. The topological polar surface area (TPSA) is 40.5 Å². The van der Waals surface area contributed by atoms with Gasteiger partial charge in [0.05, 0.1) is 0 Å². The number of benzene rings is 1. The second kappa shape index (κ2) is 3.53. The van der Waals surface area contributed by atoms with Crippen LogP contribution in [0.2, 0.25) is 0 Å². The van der Waals surface area contributed by atoms with Crippen molar-refractivity contribution in [2.24, 2.45) is 0 Å². The van der Waals surface area contributed by atoms with Gasteiger partial charge in [-0.2, -0.15) is 11.8 Å². The van der Waals surface area contributed by atoms with Crippen molar-refractivity contribution in [3.05, 3.63) is 23.8 Å². The van der Waals surface area contributed by atoms with E-state index in [0.29, 0.717) is 0 Å². The summed E-state index contributed by atoms with van der Waals surface area (Å²) >= 11 is 1.61. The molecule has 0 bridgehead atoms. The lowest BCUT2D eigenvalue weighted by Gasteiger charge is -2.02. The van der Waals surface area contributed by atoms with E-state index in [1.54, 1.807) is 23.9 Å². The molecule has 0 fully saturated rings. The van der Waals surface area contributed by atoms with E-state index >= 15 is 0 Å². The Hall–Kier alpha value is -0.830. The van der Waals surface area contributed by atoms with Gasteiger partial charge in [-0.1, -0.05) is 12.1 Å². The van der Waals surface area contributed by atoms with E-state index < -0.39 is 0 Å². The maximum Gasteiger partial charge on any atom is 0.161 e. The minimum atomic E-state index is -0.0449. The average molecular weight is 170 g/mol. The molecule has 60 valence electrons. The summed E-state index contributed by atoms with van der Waals surface area (Å²) in [5.41, 5.74) is 0.775. The Labute approximate surface area is 69.9 Å². The summed E-state index contributed by atoms with van der Waals surface area (Å²) in [7, 11) is 0. The van der Waals surface area contributed by atoms with Gasteiger partial charge in [-0.15, -0.1) is 0 Å². The zero-order valence-electron chi connectivity index (χ0n) is 6.24. The molecule has 11 heavy (non-hydrogen) atoms. The highest BCUT2D eigenvalue weighted by Crippen LogP contribution is 2.29. The molecule has 3 heteroatoms. The molecular weight excluding hydrogens is 160 g/mol. The van der Waals surface area contributed by atoms with Crippen LogP contribution in [0.1, 0.15) is 5.56 Å². The van der Waals surface area contributed by atoms with Crippen molar-refractivity contribution in [3.8, 4) is 11.5 Å². The molecule has 1 rings (SSSR count). The van der Waals surface area contributed by atoms with Crippen molar-refractivity contribution in [2.45, 2.75) is 5.75 Å². The van der Waals surface area contributed by atoms with Crippen LogP contribution in [-0.2, 0) is 5.75 Å². The van der Waals surface area contributed by atoms with Gasteiger partial charge in [-0.05, 0) is 12.3 Å². The number of phenols is 2. The minimum absolute atomic E-state index is 0.00171. The van der Waals surface area contributed by atoms with Crippen LogP contribution < -0.4 is 0 Å². The number of rotatable bonds is 2. The van der Waals surface area contributed by atoms with Gasteiger partial charge in [0.25, 0.3) is 0 Å². The van der Waals surface area contributed by atoms with E-state index in [1.807, 2.05) is 6.26 Å². The first-order valence-electron chi connectivity index (χ1n) is 3.24. The Morgan fingerprint density at radius 2 is 2.09 bits per heavy atom. The Balaban J connectivity index is 2.96. The Morgan fingerprint density at radius 1 is 1.36 bits per heavy atom. The molecule has 2 nitrogen and oxygen atoms in total. The summed E-state index contributed by atoms with van der Waals surface area (Å²) in [5.74, 6) is 0.679. The summed E-state index contributed by atoms with van der Waals surface area (Å²) in [6, 6.07) is 4.99. The number of aromatic hydroxyl groups is 2. The van der Waals surface area contributed by atoms with Crippen LogP contribution in [0.4, 0.5) is 0 Å². The number of hydrogen-bond acceptors (Lipinski definition) is 3. The van der Waals surface area contributed by atoms with Crippen molar-refractivity contribution in [1.29, 1.82) is 0 Å². The second-order valence-corrected chi connectivity index (χ2v) is 3.08. The molecule has 1 aromatic carbocycles. The lowest BCUT2D eigenvalue weighted by Crippen LogP contribution is -1.80. The van der Waals surface area contributed by atoms with Crippen LogP contribution in [0.3, 0.4) is 0 Å². The first kappa shape index (κ1) is 8.27. The predicted molar refractivity (Wildman–Crippen MR) is 47.0 cm³/mol. The minimum Gasteiger partial charge on any atom is -0.504 e. The maximum atomic E-state index is 9.27. The zero-order valence-corrected chi connectivity index (χ0v) is 7.06. The van der Waals surface area contributed by atoms with E-state index in [2.05, 4.69) is 0 Å². The normalized spacial score (nSPS) is 9.91. The SMILES string of the molecule is CSCc1cccc(O)c1O. The number of phenolic OH excluding ortho intramolecular Hbond substituents is 2. The summed E-state index contributed by atoms with van der Waals surface area (Å²) < 4.78 is 0. The van der Waals surface area contributed by atoms with Crippen molar-refractivity contribution in [3.63, 3.8) is 0 Å². The van der Waals surface area contributed by atoms with E-state index in [0.717, 1.165) is 11.3 Å². The first-order chi connectivity index (χ1) is 5.25. The molecule has 0 aliphatic heterocycles. The molecule has 0 saturated heterocycles. The highest BCUT2D eigenvalue weighted by molar-refractivity contribution is 7.97. The number of para-hydroxylation sites is 1. The second-order valence-electron chi connectivity index (χ2n) is 2.22. The monoisotopic (exact) mass is 170 g/mol. The summed E-state index contributed by atoms with van der Waals surface area (Å²) in [6.07, 6.45) is 1.95. The fourth-order valence-corrected chi connectivity index (χ4v) is 1.39. The van der Waals surface area contributed by atoms with Crippen LogP contribution in [0.15, 0.2) is 18.2 Å². The van der Waals surface area contributed by atoms with E-state index in [-0.39, 0.29) is 11.5 Å². The third-order valence-corrected chi connectivity index (χ3v) is 2.00. The summed E-state index contributed by atoms with van der Waals surface area (Å²) in [4.78, 5) is 0. The Bertz CT molecular complexity index is 248. The molecule has 0 aliphatic rings. The van der Waals surface area contributed by atoms with Gasteiger partial charge in [0.1, 0.15) is 0 Å². The van der Waals surface area contributed by atoms with Gasteiger partial charge in [0.2, 0.25) is 0 Å². The lowest BCUT2D eigenvalue weighted by atomic mass is 10.2. The Morgan fingerprint density at radius 3 is 2.73 bits per heavy atom. The molecule has 0 radical (unpaired) electrons. The van der Waals surface area contributed by atoms with Crippen LogP contribution in [0.25, 0.3) is 0 Å². The standard InChI is InChI=1S/C8H10O2S/c1-11-5-6-3-2-4-7(9)8(6)10/h2-4,9-10H,5H2,1H3. The van der Waals surface area contributed by atoms with E-state index in [9.17, 15) is 5.11 Å². The molecule has 0 atom stereocenters. The van der Waals surface area contributed by atoms with Crippen LogP contribution in [0, 0.1) is 0 Å². The average Bonchev–Trinajstić information content (AvgIpc) is 1.99. The smallest absolute Gasteiger partial charge is 0.161 e. The quantitative estimate of drug-likeness (QED) is 0.666. The molecule has 0 aromatic heterocycles. The molecular formula is C8H10O2S. The molecule has 0 aliphatic carbocycles. The van der Waals surface area contributed by atoms with Gasteiger partial charge in [-0.25, -0.2) is 0 Å². The highest BCUT2D eigenvalue weighted by Gasteiger charge is 2.03. The Kier molecular flexibility index (Phi) is 2.65. The third kappa shape index (κ3) is 1.80. The molecule has 0 heterocycles.